The fourth-order valence-electron chi connectivity index (χ4n) is 5.03. The summed E-state index contributed by atoms with van der Waals surface area (Å²) >= 11 is 3.39. The molecule has 108 valence electrons. The van der Waals surface area contributed by atoms with E-state index >= 15 is 0 Å². The van der Waals surface area contributed by atoms with E-state index in [0.717, 1.165) is 45.2 Å². The van der Waals surface area contributed by atoms with Crippen molar-refractivity contribution in [2.24, 2.45) is 29.6 Å². The van der Waals surface area contributed by atoms with Crippen molar-refractivity contribution in [1.29, 1.82) is 0 Å². The van der Waals surface area contributed by atoms with Gasteiger partial charge in [0.25, 0.3) is 0 Å². The van der Waals surface area contributed by atoms with Crippen LogP contribution >= 0.6 is 15.9 Å². The van der Waals surface area contributed by atoms with E-state index in [-0.39, 0.29) is 0 Å². The van der Waals surface area contributed by atoms with Crippen LogP contribution in [0, 0.1) is 34.8 Å². The minimum atomic E-state index is 0.708. The minimum absolute atomic E-state index is 0.708. The standard InChI is InChI=1S/C16H20BrNO2/c17-15-8-18(19)4-3-16(15)20-9-10-5-13-11-1-2-12(7-11)14(13)6-10/h3-4,8,10-14H,1-2,5-7,9H2. The number of ether oxygens (including phenoxy) is 1. The molecule has 1 aromatic rings. The average molecular weight is 338 g/mol. The molecule has 3 saturated carbocycles. The number of halogens is 1. The van der Waals surface area contributed by atoms with E-state index < -0.39 is 0 Å². The maximum absolute atomic E-state index is 11.1. The number of rotatable bonds is 3. The van der Waals surface area contributed by atoms with Gasteiger partial charge in [-0.05, 0) is 77.6 Å². The first-order valence-electron chi connectivity index (χ1n) is 7.72. The molecule has 4 rings (SSSR count). The largest absolute Gasteiger partial charge is 0.619 e. The highest BCUT2D eigenvalue weighted by atomic mass is 79.9. The van der Waals surface area contributed by atoms with Crippen molar-refractivity contribution < 1.29 is 9.47 Å². The van der Waals surface area contributed by atoms with Crippen LogP contribution in [-0.4, -0.2) is 6.61 Å². The highest BCUT2D eigenvalue weighted by Gasteiger charge is 2.51. The molecular formula is C16H20BrNO2. The first-order valence-corrected chi connectivity index (χ1v) is 8.51. The van der Waals surface area contributed by atoms with Crippen LogP contribution in [0.2, 0.25) is 0 Å². The minimum Gasteiger partial charge on any atom is -0.619 e. The van der Waals surface area contributed by atoms with Gasteiger partial charge < -0.3 is 9.94 Å². The zero-order valence-electron chi connectivity index (χ0n) is 11.5. The van der Waals surface area contributed by atoms with Gasteiger partial charge in [0.05, 0.1) is 6.61 Å². The molecule has 4 unspecified atom stereocenters. The Kier molecular flexibility index (Phi) is 3.17. The second-order valence-corrected chi connectivity index (χ2v) is 7.68. The molecule has 20 heavy (non-hydrogen) atoms. The summed E-state index contributed by atoms with van der Waals surface area (Å²) in [4.78, 5) is 0. The summed E-state index contributed by atoms with van der Waals surface area (Å²) in [6.07, 6.45) is 10.2. The van der Waals surface area contributed by atoms with Crippen LogP contribution in [-0.2, 0) is 0 Å². The number of pyridine rings is 1. The zero-order valence-corrected chi connectivity index (χ0v) is 13.1. The predicted octanol–water partition coefficient (Wildman–Crippen LogP) is 3.53. The van der Waals surface area contributed by atoms with E-state index in [1.807, 2.05) is 0 Å². The fourth-order valence-corrected chi connectivity index (χ4v) is 5.48. The monoisotopic (exact) mass is 337 g/mol. The number of fused-ring (bicyclic) bond motifs is 5. The van der Waals surface area contributed by atoms with Crippen LogP contribution in [0.3, 0.4) is 0 Å². The van der Waals surface area contributed by atoms with Crippen molar-refractivity contribution in [3.63, 3.8) is 0 Å². The third-order valence-electron chi connectivity index (χ3n) is 5.81. The highest BCUT2D eigenvalue weighted by molar-refractivity contribution is 9.10. The molecule has 4 atom stereocenters. The summed E-state index contributed by atoms with van der Waals surface area (Å²) in [7, 11) is 0. The Hall–Kier alpha value is -0.770. The molecule has 0 saturated heterocycles. The third kappa shape index (κ3) is 2.12. The van der Waals surface area contributed by atoms with Crippen LogP contribution in [0.25, 0.3) is 0 Å². The Morgan fingerprint density at radius 2 is 1.90 bits per heavy atom. The summed E-state index contributed by atoms with van der Waals surface area (Å²) < 4.78 is 7.46. The fraction of sp³-hybridized carbons (Fsp3) is 0.688. The van der Waals surface area contributed by atoms with Crippen LogP contribution < -0.4 is 9.47 Å². The summed E-state index contributed by atoms with van der Waals surface area (Å²) in [6.45, 7) is 0.800. The van der Waals surface area contributed by atoms with Crippen LogP contribution in [0.4, 0.5) is 0 Å². The molecule has 0 radical (unpaired) electrons. The van der Waals surface area contributed by atoms with Crippen molar-refractivity contribution in [1.82, 2.24) is 0 Å². The molecule has 1 aromatic heterocycles. The molecule has 1 heterocycles. The van der Waals surface area contributed by atoms with Crippen molar-refractivity contribution in [3.8, 4) is 5.75 Å². The lowest BCUT2D eigenvalue weighted by molar-refractivity contribution is -0.606. The number of aromatic nitrogens is 1. The van der Waals surface area contributed by atoms with Gasteiger partial charge in [-0.3, -0.25) is 0 Å². The molecular weight excluding hydrogens is 318 g/mol. The second-order valence-electron chi connectivity index (χ2n) is 6.83. The third-order valence-corrected chi connectivity index (χ3v) is 6.40. The lowest BCUT2D eigenvalue weighted by Crippen LogP contribution is -2.24. The topological polar surface area (TPSA) is 36.2 Å². The van der Waals surface area contributed by atoms with Crippen LogP contribution in [0.5, 0.6) is 5.75 Å². The summed E-state index contributed by atoms with van der Waals surface area (Å²) in [5.41, 5.74) is 0. The van der Waals surface area contributed by atoms with Gasteiger partial charge >= 0.3 is 0 Å². The lowest BCUT2D eigenvalue weighted by Gasteiger charge is -2.23. The van der Waals surface area contributed by atoms with Gasteiger partial charge in [0, 0.05) is 6.07 Å². The molecule has 0 spiro atoms. The van der Waals surface area contributed by atoms with E-state index in [2.05, 4.69) is 15.9 Å². The predicted molar refractivity (Wildman–Crippen MR) is 79.1 cm³/mol. The molecule has 0 aliphatic heterocycles. The molecule has 3 fully saturated rings. The van der Waals surface area contributed by atoms with Crippen molar-refractivity contribution in [2.75, 3.05) is 6.61 Å². The Labute approximate surface area is 128 Å². The quantitative estimate of drug-likeness (QED) is 0.624. The van der Waals surface area contributed by atoms with E-state index in [4.69, 9.17) is 4.74 Å². The lowest BCUT2D eigenvalue weighted by atomic mass is 9.82. The maximum Gasteiger partial charge on any atom is 0.198 e. The van der Waals surface area contributed by atoms with Gasteiger partial charge in [0.2, 0.25) is 0 Å². The van der Waals surface area contributed by atoms with Gasteiger partial charge in [0.15, 0.2) is 12.4 Å². The molecule has 0 aromatic carbocycles. The summed E-state index contributed by atoms with van der Waals surface area (Å²) in [5, 5.41) is 11.1. The number of nitrogens with zero attached hydrogens (tertiary/aromatic N) is 1. The van der Waals surface area contributed by atoms with Gasteiger partial charge in [-0.25, -0.2) is 0 Å². The number of hydrogen-bond donors (Lipinski definition) is 0. The van der Waals surface area contributed by atoms with Gasteiger partial charge in [-0.2, -0.15) is 4.73 Å². The van der Waals surface area contributed by atoms with Crippen molar-refractivity contribution >= 4 is 15.9 Å². The Morgan fingerprint density at radius 3 is 2.55 bits per heavy atom. The van der Waals surface area contributed by atoms with Gasteiger partial charge in [0.1, 0.15) is 10.2 Å². The SMILES string of the molecule is [O-][n+]1ccc(OCC2CC3C4CCC(C4)C3C2)c(Br)c1. The van der Waals surface area contributed by atoms with Crippen LogP contribution in [0.15, 0.2) is 22.9 Å². The Balaban J connectivity index is 1.37. The molecule has 3 nitrogen and oxygen atoms in total. The van der Waals surface area contributed by atoms with Gasteiger partial charge in [-0.15, -0.1) is 0 Å². The average Bonchev–Trinajstić information content (AvgIpc) is 3.10. The maximum atomic E-state index is 11.1. The molecule has 0 N–H and O–H groups in total. The second kappa shape index (κ2) is 4.90. The number of hydrogen-bond acceptors (Lipinski definition) is 2. The first-order chi connectivity index (χ1) is 9.70. The van der Waals surface area contributed by atoms with Crippen LogP contribution in [0.1, 0.15) is 32.1 Å². The molecule has 3 aliphatic rings. The molecule has 0 amide bonds. The summed E-state index contributed by atoms with van der Waals surface area (Å²) in [6, 6.07) is 1.75. The highest BCUT2D eigenvalue weighted by Crippen LogP contribution is 2.60. The van der Waals surface area contributed by atoms with Crippen molar-refractivity contribution in [2.45, 2.75) is 32.1 Å². The Morgan fingerprint density at radius 1 is 1.20 bits per heavy atom. The zero-order chi connectivity index (χ0) is 13.7. The smallest absolute Gasteiger partial charge is 0.198 e. The van der Waals surface area contributed by atoms with E-state index in [1.54, 1.807) is 6.07 Å². The van der Waals surface area contributed by atoms with E-state index in [9.17, 15) is 5.21 Å². The molecule has 3 aliphatic carbocycles. The molecule has 4 heteroatoms. The van der Waals surface area contributed by atoms with Gasteiger partial charge in [-0.1, -0.05) is 0 Å². The Bertz CT molecular complexity index is 503. The van der Waals surface area contributed by atoms with E-state index in [0.29, 0.717) is 5.92 Å². The first kappa shape index (κ1) is 12.9. The normalized spacial score (nSPS) is 38.1. The summed E-state index contributed by atoms with van der Waals surface area (Å²) in [5.74, 6) is 5.53. The molecule has 2 bridgehead atoms. The van der Waals surface area contributed by atoms with Crippen molar-refractivity contribution in [3.05, 3.63) is 28.1 Å². The van der Waals surface area contributed by atoms with E-state index in [1.165, 1.54) is 44.5 Å².